The van der Waals surface area contributed by atoms with Gasteiger partial charge in [-0.2, -0.15) is 0 Å². The van der Waals surface area contributed by atoms with Gasteiger partial charge in [-0.1, -0.05) is 12.1 Å². The summed E-state index contributed by atoms with van der Waals surface area (Å²) in [6, 6.07) is 10.0. The summed E-state index contributed by atoms with van der Waals surface area (Å²) < 4.78 is 11.0. The predicted octanol–water partition coefficient (Wildman–Crippen LogP) is 2.57. The van der Waals surface area contributed by atoms with Crippen LogP contribution in [0.1, 0.15) is 29.5 Å². The molecule has 32 heavy (non-hydrogen) atoms. The average molecular weight is 437 g/mol. The van der Waals surface area contributed by atoms with Gasteiger partial charge in [-0.05, 0) is 61.1 Å². The Bertz CT molecular complexity index is 1210. The Kier molecular flexibility index (Phi) is 6.11. The van der Waals surface area contributed by atoms with Crippen LogP contribution in [0, 0.1) is 0 Å². The van der Waals surface area contributed by atoms with Crippen LogP contribution in [0.5, 0.6) is 11.5 Å². The Morgan fingerprint density at radius 3 is 2.50 bits per heavy atom. The monoisotopic (exact) mass is 437 g/mol. The molecule has 4 rings (SSSR count). The fourth-order valence-electron chi connectivity index (χ4n) is 3.97. The number of aromatic hydroxyl groups is 1. The number of nitrogens with one attached hydrogen (secondary N) is 1. The lowest BCUT2D eigenvalue weighted by Crippen LogP contribution is -2.44. The van der Waals surface area contributed by atoms with Crippen molar-refractivity contribution in [1.82, 2.24) is 5.32 Å². The first-order valence-corrected chi connectivity index (χ1v) is 10.4. The van der Waals surface area contributed by atoms with Gasteiger partial charge in [0.15, 0.2) is 6.61 Å². The van der Waals surface area contributed by atoms with Crippen LogP contribution in [0.3, 0.4) is 0 Å². The molecule has 2 aromatic carbocycles. The highest BCUT2D eigenvalue weighted by Gasteiger charge is 2.21. The second-order valence-electron chi connectivity index (χ2n) is 7.83. The zero-order valence-electron chi connectivity index (χ0n) is 17.3. The molecule has 0 radical (unpaired) electrons. The lowest BCUT2D eigenvalue weighted by molar-refractivity contribution is -0.142. The molecule has 8 nitrogen and oxygen atoms in total. The largest absolute Gasteiger partial charge is 0.508 e. The van der Waals surface area contributed by atoms with Gasteiger partial charge in [-0.3, -0.25) is 4.79 Å². The number of aliphatic carboxylic acids is 1. The SMILES string of the molecule is O=C(COc1ccc2c3c(c(=O)oc2c1)CCCC3)N[C@@H](Cc1ccc(O)cc1)C(=O)O. The van der Waals surface area contributed by atoms with E-state index in [0.29, 0.717) is 16.9 Å². The minimum absolute atomic E-state index is 0.0631. The summed E-state index contributed by atoms with van der Waals surface area (Å²) in [5.41, 5.74) is 2.49. The third-order valence-corrected chi connectivity index (χ3v) is 5.57. The molecule has 1 aromatic heterocycles. The van der Waals surface area contributed by atoms with Crippen LogP contribution in [0.25, 0.3) is 11.0 Å². The standard InChI is InChI=1S/C24H23NO7/c26-15-7-5-14(6-8-15)11-20(23(28)29)25-22(27)13-31-16-9-10-18-17-3-1-2-4-19(17)24(30)32-21(18)12-16/h5-10,12,20,26H,1-4,11,13H2,(H,25,27)(H,28,29)/t20-/m0/s1. The van der Waals surface area contributed by atoms with Gasteiger partial charge in [0.25, 0.3) is 5.91 Å². The minimum Gasteiger partial charge on any atom is -0.508 e. The molecule has 3 N–H and O–H groups in total. The second-order valence-corrected chi connectivity index (χ2v) is 7.83. The first-order valence-electron chi connectivity index (χ1n) is 10.4. The van der Waals surface area contributed by atoms with Crippen LogP contribution in [-0.2, 0) is 28.9 Å². The number of fused-ring (bicyclic) bond motifs is 3. The topological polar surface area (TPSA) is 126 Å². The van der Waals surface area contributed by atoms with Crippen molar-refractivity contribution in [3.05, 3.63) is 69.6 Å². The van der Waals surface area contributed by atoms with Crippen molar-refractivity contribution in [2.24, 2.45) is 0 Å². The lowest BCUT2D eigenvalue weighted by atomic mass is 9.91. The molecule has 0 saturated carbocycles. The molecule has 0 aliphatic heterocycles. The zero-order chi connectivity index (χ0) is 22.7. The number of hydrogen-bond acceptors (Lipinski definition) is 6. The summed E-state index contributed by atoms with van der Waals surface area (Å²) in [5, 5.41) is 22.1. The molecular formula is C24H23NO7. The fraction of sp³-hybridized carbons (Fsp3) is 0.292. The molecule has 1 heterocycles. The number of carbonyl (C=O) groups is 2. The van der Waals surface area contributed by atoms with E-state index in [9.17, 15) is 24.6 Å². The second kappa shape index (κ2) is 9.13. The van der Waals surface area contributed by atoms with Gasteiger partial charge in [0.2, 0.25) is 0 Å². The maximum absolute atomic E-state index is 12.3. The number of phenolic OH excluding ortho intramolecular Hbond substituents is 1. The molecule has 0 bridgehead atoms. The number of hydrogen-bond donors (Lipinski definition) is 3. The van der Waals surface area contributed by atoms with Crippen LogP contribution in [0.4, 0.5) is 0 Å². The number of amides is 1. The van der Waals surface area contributed by atoms with Gasteiger partial charge < -0.3 is 24.7 Å². The van der Waals surface area contributed by atoms with Crippen molar-refractivity contribution in [3.8, 4) is 11.5 Å². The van der Waals surface area contributed by atoms with E-state index in [0.717, 1.165) is 42.2 Å². The molecule has 1 aliphatic carbocycles. The third kappa shape index (κ3) is 4.74. The van der Waals surface area contributed by atoms with Crippen molar-refractivity contribution in [3.63, 3.8) is 0 Å². The van der Waals surface area contributed by atoms with Gasteiger partial charge in [-0.25, -0.2) is 9.59 Å². The van der Waals surface area contributed by atoms with E-state index < -0.39 is 17.9 Å². The Balaban J connectivity index is 1.42. The summed E-state index contributed by atoms with van der Waals surface area (Å²) in [6.45, 7) is -0.389. The van der Waals surface area contributed by atoms with Crippen LogP contribution in [0.15, 0.2) is 51.7 Å². The van der Waals surface area contributed by atoms with E-state index in [2.05, 4.69) is 5.32 Å². The van der Waals surface area contributed by atoms with Gasteiger partial charge in [0.1, 0.15) is 23.1 Å². The van der Waals surface area contributed by atoms with E-state index >= 15 is 0 Å². The minimum atomic E-state index is -1.18. The third-order valence-electron chi connectivity index (χ3n) is 5.57. The first-order chi connectivity index (χ1) is 15.4. The number of phenols is 1. The van der Waals surface area contributed by atoms with Crippen LogP contribution >= 0.6 is 0 Å². The summed E-state index contributed by atoms with van der Waals surface area (Å²) in [4.78, 5) is 36.1. The Morgan fingerprint density at radius 2 is 1.78 bits per heavy atom. The van der Waals surface area contributed by atoms with E-state index in [1.165, 1.54) is 12.1 Å². The molecule has 0 unspecified atom stereocenters. The highest BCUT2D eigenvalue weighted by Crippen LogP contribution is 2.29. The molecule has 0 fully saturated rings. The van der Waals surface area contributed by atoms with E-state index in [1.807, 2.05) is 6.07 Å². The van der Waals surface area contributed by atoms with E-state index in [-0.39, 0.29) is 24.4 Å². The van der Waals surface area contributed by atoms with Crippen LogP contribution < -0.4 is 15.7 Å². The molecule has 1 atom stereocenters. The molecule has 1 amide bonds. The first kappa shape index (κ1) is 21.4. The molecule has 8 heteroatoms. The van der Waals surface area contributed by atoms with Crippen molar-refractivity contribution < 1.29 is 29.0 Å². The lowest BCUT2D eigenvalue weighted by Gasteiger charge is -2.17. The predicted molar refractivity (Wildman–Crippen MR) is 116 cm³/mol. The number of benzene rings is 2. The molecule has 1 aliphatic rings. The maximum Gasteiger partial charge on any atom is 0.339 e. The Labute approximate surface area is 183 Å². The quantitative estimate of drug-likeness (QED) is 0.485. The van der Waals surface area contributed by atoms with Crippen molar-refractivity contribution in [1.29, 1.82) is 0 Å². The molecule has 3 aromatic rings. The van der Waals surface area contributed by atoms with Crippen molar-refractivity contribution in [2.75, 3.05) is 6.61 Å². The van der Waals surface area contributed by atoms with Gasteiger partial charge in [0, 0.05) is 23.4 Å². The van der Waals surface area contributed by atoms with Gasteiger partial charge in [0.05, 0.1) is 0 Å². The summed E-state index contributed by atoms with van der Waals surface area (Å²) in [6.07, 6.45) is 3.62. The van der Waals surface area contributed by atoms with Crippen LogP contribution in [0.2, 0.25) is 0 Å². The normalized spacial score (nSPS) is 13.9. The number of carbonyl (C=O) groups excluding carboxylic acids is 1. The highest BCUT2D eigenvalue weighted by atomic mass is 16.5. The number of ether oxygens (including phenoxy) is 1. The zero-order valence-corrected chi connectivity index (χ0v) is 17.3. The highest BCUT2D eigenvalue weighted by molar-refractivity contribution is 5.85. The smallest absolute Gasteiger partial charge is 0.339 e. The number of carboxylic acids is 1. The summed E-state index contributed by atoms with van der Waals surface area (Å²) >= 11 is 0. The van der Waals surface area contributed by atoms with Crippen LogP contribution in [-0.4, -0.2) is 34.7 Å². The number of carboxylic acid groups (broad SMARTS) is 1. The van der Waals surface area contributed by atoms with Crippen molar-refractivity contribution in [2.45, 2.75) is 38.1 Å². The molecule has 166 valence electrons. The average Bonchev–Trinajstić information content (AvgIpc) is 2.78. The Hall–Kier alpha value is -3.81. The van der Waals surface area contributed by atoms with E-state index in [1.54, 1.807) is 24.3 Å². The van der Waals surface area contributed by atoms with Gasteiger partial charge >= 0.3 is 11.6 Å². The van der Waals surface area contributed by atoms with Crippen molar-refractivity contribution >= 4 is 22.8 Å². The van der Waals surface area contributed by atoms with Gasteiger partial charge in [-0.15, -0.1) is 0 Å². The maximum atomic E-state index is 12.3. The summed E-state index contributed by atoms with van der Waals surface area (Å²) in [7, 11) is 0. The Morgan fingerprint density at radius 1 is 1.06 bits per heavy atom. The number of rotatable bonds is 7. The fourth-order valence-corrected chi connectivity index (χ4v) is 3.97. The van der Waals surface area contributed by atoms with E-state index in [4.69, 9.17) is 9.15 Å². The molecule has 0 saturated heterocycles. The number of aryl methyl sites for hydroxylation is 1. The molecular weight excluding hydrogens is 414 g/mol. The molecule has 0 spiro atoms. The summed E-state index contributed by atoms with van der Waals surface area (Å²) in [5.74, 6) is -1.35.